The van der Waals surface area contributed by atoms with Crippen LogP contribution >= 0.6 is 0 Å². The highest BCUT2D eigenvalue weighted by molar-refractivity contribution is 5.95. The number of anilines is 1. The lowest BCUT2D eigenvalue weighted by Gasteiger charge is -2.26. The monoisotopic (exact) mass is 341 g/mol. The number of amides is 1. The normalized spacial score (nSPS) is 16.2. The van der Waals surface area contributed by atoms with Crippen molar-refractivity contribution in [3.8, 4) is 5.75 Å². The maximum absolute atomic E-state index is 12.4. The lowest BCUT2D eigenvalue weighted by molar-refractivity contribution is -0.119. The van der Waals surface area contributed by atoms with Crippen molar-refractivity contribution in [2.24, 2.45) is 11.7 Å². The minimum Gasteiger partial charge on any atom is -0.487 e. The minimum atomic E-state index is -0.526. The van der Waals surface area contributed by atoms with Crippen LogP contribution in [0.4, 0.5) is 5.69 Å². The summed E-state index contributed by atoms with van der Waals surface area (Å²) in [6, 6.07) is 12.4. The molecule has 3 N–H and O–H groups in total. The third-order valence-electron chi connectivity index (χ3n) is 4.29. The molecule has 1 aromatic heterocycles. The highest BCUT2D eigenvalue weighted by Crippen LogP contribution is 2.21. The zero-order chi connectivity index (χ0) is 17.5. The summed E-state index contributed by atoms with van der Waals surface area (Å²) in [6.07, 6.45) is 3.37. The second kappa shape index (κ2) is 8.60. The molecule has 2 aromatic rings. The summed E-state index contributed by atoms with van der Waals surface area (Å²) in [6.45, 7) is 1.71. The van der Waals surface area contributed by atoms with Gasteiger partial charge in [0, 0.05) is 31.2 Å². The van der Waals surface area contributed by atoms with Crippen molar-refractivity contribution in [3.63, 3.8) is 0 Å². The number of nitrogens with zero attached hydrogens (tertiary/aromatic N) is 1. The van der Waals surface area contributed by atoms with Crippen molar-refractivity contribution < 1.29 is 14.3 Å². The first kappa shape index (κ1) is 17.4. The minimum absolute atomic E-state index is 0.164. The molecule has 1 fully saturated rings. The molecule has 1 aliphatic rings. The standard InChI is InChI=1S/C19H23N3O3/c20-18(14-7-10-24-11-8-14)19(23)22-15-5-3-6-17(12-15)25-13-16-4-1-2-9-21-16/h1-6,9,12,14,18H,7-8,10-11,13,20H2,(H,22,23). The van der Waals surface area contributed by atoms with E-state index in [0.29, 0.717) is 31.3 Å². The summed E-state index contributed by atoms with van der Waals surface area (Å²) in [7, 11) is 0. The Balaban J connectivity index is 1.56. The van der Waals surface area contributed by atoms with Crippen LogP contribution in [0, 0.1) is 5.92 Å². The molecule has 132 valence electrons. The Hall–Kier alpha value is -2.44. The molecule has 1 unspecified atom stereocenters. The molecule has 1 aromatic carbocycles. The predicted octanol–water partition coefficient (Wildman–Crippen LogP) is 2.35. The molecule has 6 nitrogen and oxygen atoms in total. The number of rotatable bonds is 6. The largest absolute Gasteiger partial charge is 0.487 e. The van der Waals surface area contributed by atoms with E-state index in [1.807, 2.05) is 36.4 Å². The van der Waals surface area contributed by atoms with E-state index < -0.39 is 6.04 Å². The lowest BCUT2D eigenvalue weighted by atomic mass is 9.92. The van der Waals surface area contributed by atoms with Gasteiger partial charge in [0.25, 0.3) is 0 Å². The van der Waals surface area contributed by atoms with E-state index in [1.54, 1.807) is 12.3 Å². The van der Waals surface area contributed by atoms with Gasteiger partial charge in [-0.2, -0.15) is 0 Å². The Morgan fingerprint density at radius 2 is 2.12 bits per heavy atom. The molecular formula is C19H23N3O3. The Kier molecular flexibility index (Phi) is 5.98. The van der Waals surface area contributed by atoms with E-state index in [0.717, 1.165) is 18.5 Å². The number of pyridine rings is 1. The maximum Gasteiger partial charge on any atom is 0.241 e. The van der Waals surface area contributed by atoms with Gasteiger partial charge in [-0.05, 0) is 43.0 Å². The molecule has 1 amide bonds. The molecule has 0 spiro atoms. The first-order chi connectivity index (χ1) is 12.2. The first-order valence-corrected chi connectivity index (χ1v) is 8.49. The van der Waals surface area contributed by atoms with E-state index in [2.05, 4.69) is 10.3 Å². The molecule has 6 heteroatoms. The predicted molar refractivity (Wildman–Crippen MR) is 95.2 cm³/mol. The van der Waals surface area contributed by atoms with Crippen LogP contribution in [0.1, 0.15) is 18.5 Å². The Morgan fingerprint density at radius 1 is 1.28 bits per heavy atom. The van der Waals surface area contributed by atoms with Gasteiger partial charge >= 0.3 is 0 Å². The van der Waals surface area contributed by atoms with Crippen LogP contribution in [0.15, 0.2) is 48.7 Å². The third-order valence-corrected chi connectivity index (χ3v) is 4.29. The number of carbonyl (C=O) groups is 1. The van der Waals surface area contributed by atoms with Crippen LogP contribution in [-0.2, 0) is 16.1 Å². The molecule has 0 saturated carbocycles. The summed E-state index contributed by atoms with van der Waals surface area (Å²) in [5.41, 5.74) is 7.62. The zero-order valence-electron chi connectivity index (χ0n) is 14.1. The Bertz CT molecular complexity index is 687. The average molecular weight is 341 g/mol. The molecular weight excluding hydrogens is 318 g/mol. The van der Waals surface area contributed by atoms with Crippen LogP contribution in [0.2, 0.25) is 0 Å². The molecule has 1 saturated heterocycles. The van der Waals surface area contributed by atoms with Crippen molar-refractivity contribution in [3.05, 3.63) is 54.4 Å². The molecule has 0 aliphatic carbocycles. The fraction of sp³-hybridized carbons (Fsp3) is 0.368. The van der Waals surface area contributed by atoms with Crippen LogP contribution in [0.25, 0.3) is 0 Å². The topological polar surface area (TPSA) is 86.5 Å². The van der Waals surface area contributed by atoms with Crippen molar-refractivity contribution in [2.75, 3.05) is 18.5 Å². The molecule has 1 aliphatic heterocycles. The van der Waals surface area contributed by atoms with Gasteiger partial charge in [0.2, 0.25) is 5.91 Å². The fourth-order valence-corrected chi connectivity index (χ4v) is 2.82. The smallest absolute Gasteiger partial charge is 0.241 e. The van der Waals surface area contributed by atoms with Crippen molar-refractivity contribution in [1.29, 1.82) is 0 Å². The maximum atomic E-state index is 12.4. The van der Waals surface area contributed by atoms with Gasteiger partial charge in [-0.25, -0.2) is 0 Å². The number of ether oxygens (including phenoxy) is 2. The summed E-state index contributed by atoms with van der Waals surface area (Å²) >= 11 is 0. The van der Waals surface area contributed by atoms with Gasteiger partial charge in [-0.3, -0.25) is 9.78 Å². The molecule has 3 rings (SSSR count). The first-order valence-electron chi connectivity index (χ1n) is 8.49. The number of nitrogens with two attached hydrogens (primary N) is 1. The molecule has 0 radical (unpaired) electrons. The SMILES string of the molecule is NC(C(=O)Nc1cccc(OCc2ccccn2)c1)C1CCOCC1. The van der Waals surface area contributed by atoms with Crippen LogP contribution in [0.5, 0.6) is 5.75 Å². The summed E-state index contributed by atoms with van der Waals surface area (Å²) in [5.74, 6) is 0.661. The number of aromatic nitrogens is 1. The number of carbonyl (C=O) groups excluding carboxylic acids is 1. The van der Waals surface area contributed by atoms with Crippen LogP contribution in [-0.4, -0.2) is 30.1 Å². The Labute approximate surface area is 147 Å². The van der Waals surface area contributed by atoms with Crippen molar-refractivity contribution in [1.82, 2.24) is 4.98 Å². The average Bonchev–Trinajstić information content (AvgIpc) is 2.67. The van der Waals surface area contributed by atoms with E-state index >= 15 is 0 Å². The summed E-state index contributed by atoms with van der Waals surface area (Å²) in [4.78, 5) is 16.6. The van der Waals surface area contributed by atoms with Gasteiger partial charge in [0.1, 0.15) is 12.4 Å². The van der Waals surface area contributed by atoms with E-state index in [-0.39, 0.29) is 11.8 Å². The number of hydrogen-bond donors (Lipinski definition) is 2. The van der Waals surface area contributed by atoms with Gasteiger partial charge in [-0.15, -0.1) is 0 Å². The van der Waals surface area contributed by atoms with Crippen molar-refractivity contribution in [2.45, 2.75) is 25.5 Å². The van der Waals surface area contributed by atoms with Gasteiger partial charge in [0.05, 0.1) is 11.7 Å². The highest BCUT2D eigenvalue weighted by atomic mass is 16.5. The second-order valence-corrected chi connectivity index (χ2v) is 6.10. The molecule has 2 heterocycles. The molecule has 1 atom stereocenters. The Morgan fingerprint density at radius 3 is 2.88 bits per heavy atom. The number of benzene rings is 1. The quantitative estimate of drug-likeness (QED) is 0.842. The number of hydrogen-bond acceptors (Lipinski definition) is 5. The lowest BCUT2D eigenvalue weighted by Crippen LogP contribution is -2.43. The van der Waals surface area contributed by atoms with Gasteiger partial charge in [-0.1, -0.05) is 12.1 Å². The summed E-state index contributed by atoms with van der Waals surface area (Å²) < 4.78 is 11.0. The van der Waals surface area contributed by atoms with E-state index in [4.69, 9.17) is 15.2 Å². The van der Waals surface area contributed by atoms with Crippen molar-refractivity contribution >= 4 is 11.6 Å². The molecule has 25 heavy (non-hydrogen) atoms. The van der Waals surface area contributed by atoms with Crippen LogP contribution in [0.3, 0.4) is 0 Å². The number of nitrogens with one attached hydrogen (secondary N) is 1. The van der Waals surface area contributed by atoms with Crippen LogP contribution < -0.4 is 15.8 Å². The van der Waals surface area contributed by atoms with E-state index in [9.17, 15) is 4.79 Å². The molecule has 0 bridgehead atoms. The third kappa shape index (κ3) is 5.01. The van der Waals surface area contributed by atoms with Gasteiger partial charge in [0.15, 0.2) is 0 Å². The second-order valence-electron chi connectivity index (χ2n) is 6.10. The van der Waals surface area contributed by atoms with Gasteiger partial charge < -0.3 is 20.5 Å². The zero-order valence-corrected chi connectivity index (χ0v) is 14.1. The highest BCUT2D eigenvalue weighted by Gasteiger charge is 2.26. The fourth-order valence-electron chi connectivity index (χ4n) is 2.82. The summed E-state index contributed by atoms with van der Waals surface area (Å²) in [5, 5.41) is 2.88. The van der Waals surface area contributed by atoms with E-state index in [1.165, 1.54) is 0 Å².